The molecule has 0 aliphatic heterocycles. The molecule has 4 nitrogen and oxygen atoms in total. The van der Waals surface area contributed by atoms with Crippen molar-refractivity contribution < 1.29 is 14.6 Å². The molecule has 1 rings (SSSR count). The summed E-state index contributed by atoms with van der Waals surface area (Å²) in [5, 5.41) is 18.0. The maximum absolute atomic E-state index is 11.2. The van der Waals surface area contributed by atoms with Crippen molar-refractivity contribution in [3.8, 4) is 5.75 Å². The molecule has 4 heteroatoms. The number of hydrogen-bond donors (Lipinski definition) is 2. The van der Waals surface area contributed by atoms with Gasteiger partial charge in [-0.15, -0.1) is 0 Å². The molecule has 0 unspecified atom stereocenters. The predicted octanol–water partition coefficient (Wildman–Crippen LogP) is 1.05. The Kier molecular flexibility index (Phi) is 3.09. The van der Waals surface area contributed by atoms with Crippen molar-refractivity contribution in [3.05, 3.63) is 33.9 Å². The highest BCUT2D eigenvalue weighted by Gasteiger charge is 2.07. The molecule has 0 bridgehead atoms. The number of aliphatic hydroxyl groups is 1. The Hall–Kier alpha value is -1.55. The Morgan fingerprint density at radius 2 is 2.29 bits per heavy atom. The van der Waals surface area contributed by atoms with Crippen LogP contribution < -0.4 is 5.63 Å². The maximum atomic E-state index is 11.2. The average molecular weight is 196 g/mol. The fraction of sp³-hybridized carbons (Fsp3) is 0.300. The normalized spacial score (nSPS) is 11.8. The van der Waals surface area contributed by atoms with Gasteiger partial charge < -0.3 is 14.6 Å². The SMILES string of the molecule is C/C(=C\CO)c1cc(O)c(C)c(=O)o1. The zero-order chi connectivity index (χ0) is 10.7. The highest BCUT2D eigenvalue weighted by Crippen LogP contribution is 2.19. The van der Waals surface area contributed by atoms with Crippen LogP contribution in [-0.2, 0) is 0 Å². The van der Waals surface area contributed by atoms with Crippen LogP contribution in [0.4, 0.5) is 0 Å². The van der Waals surface area contributed by atoms with E-state index in [-0.39, 0.29) is 23.7 Å². The van der Waals surface area contributed by atoms with Crippen LogP contribution in [0, 0.1) is 6.92 Å². The molecule has 0 aliphatic carbocycles. The van der Waals surface area contributed by atoms with Gasteiger partial charge in [0, 0.05) is 6.07 Å². The minimum atomic E-state index is -0.564. The van der Waals surface area contributed by atoms with E-state index in [1.165, 1.54) is 19.1 Å². The second-order valence-electron chi connectivity index (χ2n) is 2.98. The summed E-state index contributed by atoms with van der Waals surface area (Å²) in [7, 11) is 0. The molecular weight excluding hydrogens is 184 g/mol. The van der Waals surface area contributed by atoms with Gasteiger partial charge in [0.1, 0.15) is 11.5 Å². The molecule has 0 fully saturated rings. The highest BCUT2D eigenvalue weighted by atomic mass is 16.4. The lowest BCUT2D eigenvalue weighted by Gasteiger charge is -2.02. The summed E-state index contributed by atoms with van der Waals surface area (Å²) in [4.78, 5) is 11.2. The molecule has 0 aliphatic rings. The molecule has 1 heterocycles. The Morgan fingerprint density at radius 3 is 2.79 bits per heavy atom. The van der Waals surface area contributed by atoms with E-state index in [2.05, 4.69) is 0 Å². The van der Waals surface area contributed by atoms with Crippen LogP contribution in [-0.4, -0.2) is 16.8 Å². The van der Waals surface area contributed by atoms with Crippen molar-refractivity contribution in [1.82, 2.24) is 0 Å². The minimum absolute atomic E-state index is 0.0954. The molecule has 0 saturated heterocycles. The van der Waals surface area contributed by atoms with E-state index >= 15 is 0 Å². The van der Waals surface area contributed by atoms with Gasteiger partial charge in [-0.3, -0.25) is 0 Å². The summed E-state index contributed by atoms with van der Waals surface area (Å²) >= 11 is 0. The van der Waals surface area contributed by atoms with Crippen molar-refractivity contribution in [2.24, 2.45) is 0 Å². The van der Waals surface area contributed by atoms with Gasteiger partial charge in [-0.05, 0) is 19.4 Å². The summed E-state index contributed by atoms with van der Waals surface area (Å²) in [5.41, 5.74) is 0.233. The largest absolute Gasteiger partial charge is 0.507 e. The number of hydrogen-bond acceptors (Lipinski definition) is 4. The minimum Gasteiger partial charge on any atom is -0.507 e. The third kappa shape index (κ3) is 2.03. The van der Waals surface area contributed by atoms with Crippen LogP contribution in [0.2, 0.25) is 0 Å². The smallest absolute Gasteiger partial charge is 0.342 e. The van der Waals surface area contributed by atoms with E-state index in [1.54, 1.807) is 6.92 Å². The molecule has 0 aromatic carbocycles. The van der Waals surface area contributed by atoms with Crippen LogP contribution in [0.5, 0.6) is 5.75 Å². The molecule has 0 atom stereocenters. The highest BCUT2D eigenvalue weighted by molar-refractivity contribution is 5.60. The lowest BCUT2D eigenvalue weighted by Crippen LogP contribution is -2.04. The lowest BCUT2D eigenvalue weighted by atomic mass is 10.2. The predicted molar refractivity (Wildman–Crippen MR) is 52.1 cm³/mol. The fourth-order valence-electron chi connectivity index (χ4n) is 0.975. The van der Waals surface area contributed by atoms with Crippen LogP contribution >= 0.6 is 0 Å². The second-order valence-corrected chi connectivity index (χ2v) is 2.98. The van der Waals surface area contributed by atoms with E-state index in [0.29, 0.717) is 5.57 Å². The van der Waals surface area contributed by atoms with Gasteiger partial charge in [0.15, 0.2) is 0 Å². The van der Waals surface area contributed by atoms with Gasteiger partial charge in [0.2, 0.25) is 0 Å². The zero-order valence-electron chi connectivity index (χ0n) is 8.07. The van der Waals surface area contributed by atoms with E-state index in [9.17, 15) is 9.90 Å². The van der Waals surface area contributed by atoms with Gasteiger partial charge in [0.05, 0.1) is 12.2 Å². The zero-order valence-corrected chi connectivity index (χ0v) is 8.07. The van der Waals surface area contributed by atoms with Gasteiger partial charge in [-0.2, -0.15) is 0 Å². The molecule has 14 heavy (non-hydrogen) atoms. The summed E-state index contributed by atoms with van der Waals surface area (Å²) in [6.45, 7) is 3.03. The van der Waals surface area contributed by atoms with Crippen LogP contribution in [0.25, 0.3) is 5.57 Å². The van der Waals surface area contributed by atoms with Gasteiger partial charge in [-0.25, -0.2) is 4.79 Å². The van der Waals surface area contributed by atoms with E-state index in [0.717, 1.165) is 0 Å². The first-order valence-electron chi connectivity index (χ1n) is 4.18. The number of rotatable bonds is 2. The average Bonchev–Trinajstić information content (AvgIpc) is 2.13. The molecule has 76 valence electrons. The Morgan fingerprint density at radius 1 is 1.64 bits per heavy atom. The molecule has 2 N–H and O–H groups in total. The van der Waals surface area contributed by atoms with E-state index in [4.69, 9.17) is 9.52 Å². The lowest BCUT2D eigenvalue weighted by molar-refractivity contribution is 0.342. The van der Waals surface area contributed by atoms with E-state index < -0.39 is 5.63 Å². The first-order chi connectivity index (χ1) is 6.56. The van der Waals surface area contributed by atoms with Crippen LogP contribution in [0.1, 0.15) is 18.2 Å². The summed E-state index contributed by atoms with van der Waals surface area (Å²) in [6.07, 6.45) is 1.49. The molecule has 0 saturated carbocycles. The summed E-state index contributed by atoms with van der Waals surface area (Å²) < 4.78 is 4.91. The van der Waals surface area contributed by atoms with Crippen LogP contribution in [0.3, 0.4) is 0 Å². The maximum Gasteiger partial charge on any atom is 0.342 e. The first-order valence-corrected chi connectivity index (χ1v) is 4.18. The standard InChI is InChI=1S/C10H12O4/c1-6(3-4-11)9-5-8(12)7(2)10(13)14-9/h3,5,11-12H,4H2,1-2H3/b6-3+. The van der Waals surface area contributed by atoms with Crippen molar-refractivity contribution in [1.29, 1.82) is 0 Å². The number of aromatic hydroxyl groups is 1. The van der Waals surface area contributed by atoms with Crippen molar-refractivity contribution in [3.63, 3.8) is 0 Å². The quantitative estimate of drug-likeness (QED) is 0.741. The molecule has 0 amide bonds. The Balaban J connectivity index is 3.26. The first kappa shape index (κ1) is 10.5. The van der Waals surface area contributed by atoms with Gasteiger partial charge in [-0.1, -0.05) is 6.08 Å². The van der Waals surface area contributed by atoms with Crippen LogP contribution in [0.15, 0.2) is 21.4 Å². The Bertz CT molecular complexity index is 415. The van der Waals surface area contributed by atoms with E-state index in [1.807, 2.05) is 0 Å². The van der Waals surface area contributed by atoms with Crippen molar-refractivity contribution in [2.75, 3.05) is 6.61 Å². The molecule has 0 radical (unpaired) electrons. The summed E-state index contributed by atoms with van der Waals surface area (Å²) in [5.74, 6) is 0.175. The van der Waals surface area contributed by atoms with Crippen molar-refractivity contribution >= 4 is 5.57 Å². The Labute approximate surface area is 81.1 Å². The monoisotopic (exact) mass is 196 g/mol. The number of allylic oxidation sites excluding steroid dienone is 1. The fourth-order valence-corrected chi connectivity index (χ4v) is 0.975. The number of aliphatic hydroxyl groups excluding tert-OH is 1. The molecule has 1 aromatic rings. The van der Waals surface area contributed by atoms with Gasteiger partial charge >= 0.3 is 5.63 Å². The third-order valence-electron chi connectivity index (χ3n) is 1.95. The van der Waals surface area contributed by atoms with Crippen molar-refractivity contribution in [2.45, 2.75) is 13.8 Å². The summed E-state index contributed by atoms with van der Waals surface area (Å²) in [6, 6.07) is 1.36. The molecular formula is C10H12O4. The molecule has 0 spiro atoms. The molecule has 1 aromatic heterocycles. The van der Waals surface area contributed by atoms with Gasteiger partial charge in [0.25, 0.3) is 0 Å². The second kappa shape index (κ2) is 4.11. The topological polar surface area (TPSA) is 70.7 Å². The third-order valence-corrected chi connectivity index (χ3v) is 1.95.